The van der Waals surface area contributed by atoms with Gasteiger partial charge in [-0.1, -0.05) is 11.6 Å². The number of nitrogens with one attached hydrogen (secondary N) is 2. The van der Waals surface area contributed by atoms with Crippen molar-refractivity contribution in [1.29, 1.82) is 0 Å². The van der Waals surface area contributed by atoms with Crippen LogP contribution >= 0.6 is 12.4 Å². The van der Waals surface area contributed by atoms with E-state index >= 15 is 0 Å². The van der Waals surface area contributed by atoms with Gasteiger partial charge in [-0.15, -0.1) is 12.4 Å². The van der Waals surface area contributed by atoms with E-state index in [0.29, 0.717) is 18.0 Å². The van der Waals surface area contributed by atoms with Gasteiger partial charge >= 0.3 is 0 Å². The van der Waals surface area contributed by atoms with Gasteiger partial charge in [0.05, 0.1) is 5.56 Å². The Hall–Kier alpha value is -1.26. The zero-order valence-corrected chi connectivity index (χ0v) is 11.9. The second kappa shape index (κ2) is 7.36. The lowest BCUT2D eigenvalue weighted by molar-refractivity contribution is 0.0942. The number of piperidine rings is 1. The van der Waals surface area contributed by atoms with Gasteiger partial charge in [-0.25, -0.2) is 0 Å². The molecule has 4 nitrogen and oxygen atoms in total. The number of hydrogen-bond acceptors (Lipinski definition) is 3. The number of aromatic hydroxyl groups is 1. The van der Waals surface area contributed by atoms with Crippen molar-refractivity contribution < 1.29 is 9.90 Å². The molecule has 2 rings (SSSR count). The summed E-state index contributed by atoms with van der Waals surface area (Å²) in [6.45, 7) is 4.60. The third kappa shape index (κ3) is 4.40. The largest absolute Gasteiger partial charge is 0.507 e. The first-order valence-electron chi connectivity index (χ1n) is 6.45. The van der Waals surface area contributed by atoms with Crippen LogP contribution in [0.25, 0.3) is 0 Å². The highest BCUT2D eigenvalue weighted by Gasteiger charge is 2.16. The number of phenols is 1. The van der Waals surface area contributed by atoms with E-state index in [9.17, 15) is 9.90 Å². The summed E-state index contributed by atoms with van der Waals surface area (Å²) in [5, 5.41) is 15.9. The van der Waals surface area contributed by atoms with Crippen LogP contribution in [-0.2, 0) is 0 Å². The van der Waals surface area contributed by atoms with E-state index in [-0.39, 0.29) is 24.1 Å². The Bertz CT molecular complexity index is 431. The number of carbonyl (C=O) groups is 1. The number of halogens is 1. The van der Waals surface area contributed by atoms with Crippen LogP contribution in [0.15, 0.2) is 18.2 Å². The Balaban J connectivity index is 0.00000180. The van der Waals surface area contributed by atoms with Crippen LogP contribution < -0.4 is 10.6 Å². The van der Waals surface area contributed by atoms with Crippen LogP contribution in [-0.4, -0.2) is 30.6 Å². The van der Waals surface area contributed by atoms with Crippen molar-refractivity contribution in [1.82, 2.24) is 10.6 Å². The summed E-state index contributed by atoms with van der Waals surface area (Å²) < 4.78 is 0. The SMILES string of the molecule is Cc1ccc(O)c(C(=O)NCC2CCCNC2)c1.Cl. The highest BCUT2D eigenvalue weighted by Crippen LogP contribution is 2.18. The summed E-state index contributed by atoms with van der Waals surface area (Å²) in [7, 11) is 0. The van der Waals surface area contributed by atoms with Gasteiger partial charge in [-0.3, -0.25) is 4.79 Å². The standard InChI is InChI=1S/C14H20N2O2.ClH/c1-10-4-5-13(17)12(7-10)14(18)16-9-11-3-2-6-15-8-11;/h4-5,7,11,15,17H,2-3,6,8-9H2,1H3,(H,16,18);1H. The molecule has 1 aliphatic rings. The maximum Gasteiger partial charge on any atom is 0.255 e. The molecule has 1 amide bonds. The van der Waals surface area contributed by atoms with Crippen LogP contribution in [0.4, 0.5) is 0 Å². The number of amides is 1. The van der Waals surface area contributed by atoms with Gasteiger partial charge in [0, 0.05) is 6.54 Å². The van der Waals surface area contributed by atoms with E-state index in [1.54, 1.807) is 18.2 Å². The highest BCUT2D eigenvalue weighted by molar-refractivity contribution is 5.96. The molecule has 106 valence electrons. The topological polar surface area (TPSA) is 61.4 Å². The van der Waals surface area contributed by atoms with Crippen molar-refractivity contribution in [3.8, 4) is 5.75 Å². The van der Waals surface area contributed by atoms with Crippen LogP contribution in [0, 0.1) is 12.8 Å². The van der Waals surface area contributed by atoms with E-state index < -0.39 is 0 Å². The number of benzene rings is 1. The van der Waals surface area contributed by atoms with Gasteiger partial charge in [0.2, 0.25) is 0 Å². The van der Waals surface area contributed by atoms with E-state index in [4.69, 9.17) is 0 Å². The first-order chi connectivity index (χ1) is 8.66. The number of carbonyl (C=O) groups excluding carboxylic acids is 1. The average Bonchev–Trinajstić information content (AvgIpc) is 2.40. The Labute approximate surface area is 120 Å². The van der Waals surface area contributed by atoms with E-state index in [2.05, 4.69) is 10.6 Å². The average molecular weight is 285 g/mol. The quantitative estimate of drug-likeness (QED) is 0.794. The molecule has 1 aromatic rings. The molecule has 1 fully saturated rings. The molecule has 0 aromatic heterocycles. The van der Waals surface area contributed by atoms with E-state index in [1.807, 2.05) is 6.92 Å². The lowest BCUT2D eigenvalue weighted by Crippen LogP contribution is -2.38. The fourth-order valence-electron chi connectivity index (χ4n) is 2.26. The molecule has 19 heavy (non-hydrogen) atoms. The summed E-state index contributed by atoms with van der Waals surface area (Å²) >= 11 is 0. The van der Waals surface area contributed by atoms with Gasteiger partial charge in [-0.05, 0) is 50.9 Å². The van der Waals surface area contributed by atoms with E-state index in [0.717, 1.165) is 31.5 Å². The molecule has 1 aromatic carbocycles. The summed E-state index contributed by atoms with van der Waals surface area (Å²) in [5.74, 6) is 0.344. The maximum absolute atomic E-state index is 12.0. The zero-order chi connectivity index (χ0) is 13.0. The van der Waals surface area contributed by atoms with Crippen LogP contribution in [0.2, 0.25) is 0 Å². The first kappa shape index (κ1) is 15.8. The Kier molecular flexibility index (Phi) is 6.12. The van der Waals surface area contributed by atoms with Gasteiger partial charge in [-0.2, -0.15) is 0 Å². The summed E-state index contributed by atoms with van der Waals surface area (Å²) in [6.07, 6.45) is 2.31. The molecule has 0 saturated carbocycles. The smallest absolute Gasteiger partial charge is 0.255 e. The molecular formula is C14H21ClN2O2. The molecule has 0 bridgehead atoms. The summed E-state index contributed by atoms with van der Waals surface area (Å²) in [4.78, 5) is 12.0. The number of rotatable bonds is 3. The minimum atomic E-state index is -0.193. The Morgan fingerprint density at radius 3 is 3.00 bits per heavy atom. The minimum Gasteiger partial charge on any atom is -0.507 e. The van der Waals surface area contributed by atoms with Gasteiger partial charge < -0.3 is 15.7 Å². The van der Waals surface area contributed by atoms with Crippen molar-refractivity contribution in [2.24, 2.45) is 5.92 Å². The lowest BCUT2D eigenvalue weighted by atomic mass is 9.99. The molecule has 1 atom stereocenters. The Morgan fingerprint density at radius 2 is 2.32 bits per heavy atom. The number of phenolic OH excluding ortho intramolecular Hbond substituents is 1. The first-order valence-corrected chi connectivity index (χ1v) is 6.45. The fourth-order valence-corrected chi connectivity index (χ4v) is 2.26. The van der Waals surface area contributed by atoms with Gasteiger partial charge in [0.25, 0.3) is 5.91 Å². The van der Waals surface area contributed by atoms with Crippen molar-refractivity contribution in [2.45, 2.75) is 19.8 Å². The van der Waals surface area contributed by atoms with Crippen molar-refractivity contribution in [3.05, 3.63) is 29.3 Å². The second-order valence-electron chi connectivity index (χ2n) is 4.94. The summed E-state index contributed by atoms with van der Waals surface area (Å²) in [5.41, 5.74) is 1.33. The molecule has 3 N–H and O–H groups in total. The van der Waals surface area contributed by atoms with Crippen molar-refractivity contribution >= 4 is 18.3 Å². The number of hydrogen-bond donors (Lipinski definition) is 3. The monoisotopic (exact) mass is 284 g/mol. The number of aryl methyl sites for hydroxylation is 1. The highest BCUT2D eigenvalue weighted by atomic mass is 35.5. The fraction of sp³-hybridized carbons (Fsp3) is 0.500. The zero-order valence-electron chi connectivity index (χ0n) is 11.1. The third-order valence-corrected chi connectivity index (χ3v) is 3.35. The molecular weight excluding hydrogens is 264 g/mol. The van der Waals surface area contributed by atoms with E-state index in [1.165, 1.54) is 0 Å². The maximum atomic E-state index is 12.0. The molecule has 0 radical (unpaired) electrons. The van der Waals surface area contributed by atoms with Crippen LogP contribution in [0.3, 0.4) is 0 Å². The molecule has 1 heterocycles. The van der Waals surface area contributed by atoms with Crippen molar-refractivity contribution in [3.63, 3.8) is 0 Å². The van der Waals surface area contributed by atoms with Crippen LogP contribution in [0.5, 0.6) is 5.75 Å². The minimum absolute atomic E-state index is 0. The van der Waals surface area contributed by atoms with Crippen molar-refractivity contribution in [2.75, 3.05) is 19.6 Å². The lowest BCUT2D eigenvalue weighted by Gasteiger charge is -2.22. The third-order valence-electron chi connectivity index (χ3n) is 3.35. The van der Waals surface area contributed by atoms with Crippen LogP contribution in [0.1, 0.15) is 28.8 Å². The Morgan fingerprint density at radius 1 is 1.53 bits per heavy atom. The van der Waals surface area contributed by atoms with Gasteiger partial charge in [0.15, 0.2) is 0 Å². The second-order valence-corrected chi connectivity index (χ2v) is 4.94. The molecule has 5 heteroatoms. The molecule has 1 unspecified atom stereocenters. The summed E-state index contributed by atoms with van der Waals surface area (Å²) in [6, 6.07) is 5.06. The molecule has 1 saturated heterocycles. The normalized spacial score (nSPS) is 18.5. The van der Waals surface area contributed by atoms with Gasteiger partial charge in [0.1, 0.15) is 5.75 Å². The predicted octanol–water partition coefficient (Wildman–Crippen LogP) is 1.85. The molecule has 0 aliphatic carbocycles. The molecule has 0 spiro atoms. The molecule has 1 aliphatic heterocycles. The predicted molar refractivity (Wildman–Crippen MR) is 78.0 cm³/mol.